The van der Waals surface area contributed by atoms with Gasteiger partial charge in [0.25, 0.3) is 5.91 Å². The predicted octanol–water partition coefficient (Wildman–Crippen LogP) is 5.16. The van der Waals surface area contributed by atoms with Crippen molar-refractivity contribution in [2.24, 2.45) is 0 Å². The van der Waals surface area contributed by atoms with Gasteiger partial charge in [-0.3, -0.25) is 9.59 Å². The Morgan fingerprint density at radius 1 is 1.08 bits per heavy atom. The van der Waals surface area contributed by atoms with Gasteiger partial charge >= 0.3 is 0 Å². The number of amides is 1. The maximum Gasteiger partial charge on any atom is 0.256 e. The number of nitrogens with one attached hydrogen (secondary N) is 1. The second-order valence-electron chi connectivity index (χ2n) is 10.4. The standard InChI is InChI=1S/C28H41N3O4S2/c1-3-31-20-25(28(33)29-17-10-18-36-22-13-8-5-9-14-22)27(32)24-19-23(15-16-26(24)31)37(34,35)30(2)21-11-6-4-7-12-21/h15-16,19-22H,3-14,17-18H2,1-2H3,(H,29,33). The summed E-state index contributed by atoms with van der Waals surface area (Å²) in [5, 5.41) is 3.91. The van der Waals surface area contributed by atoms with Crippen molar-refractivity contribution in [1.29, 1.82) is 0 Å². The molecule has 2 aromatic rings. The van der Waals surface area contributed by atoms with Crippen molar-refractivity contribution in [1.82, 2.24) is 14.2 Å². The van der Waals surface area contributed by atoms with Gasteiger partial charge < -0.3 is 9.88 Å². The maximum absolute atomic E-state index is 13.4. The number of fused-ring (bicyclic) bond motifs is 1. The van der Waals surface area contributed by atoms with Crippen LogP contribution in [-0.4, -0.2) is 53.8 Å². The van der Waals surface area contributed by atoms with E-state index in [1.54, 1.807) is 25.4 Å². The number of carbonyl (C=O) groups excluding carboxylic acids is 1. The summed E-state index contributed by atoms with van der Waals surface area (Å²) in [6, 6.07) is 4.70. The van der Waals surface area contributed by atoms with Gasteiger partial charge in [-0.25, -0.2) is 8.42 Å². The number of rotatable bonds is 10. The molecule has 0 saturated heterocycles. The highest BCUT2D eigenvalue weighted by Crippen LogP contribution is 2.29. The number of aryl methyl sites for hydroxylation is 1. The van der Waals surface area contributed by atoms with Crippen molar-refractivity contribution < 1.29 is 13.2 Å². The zero-order valence-corrected chi connectivity index (χ0v) is 23.8. The first-order chi connectivity index (χ1) is 17.8. The van der Waals surface area contributed by atoms with Crippen LogP contribution < -0.4 is 10.7 Å². The number of pyridine rings is 1. The van der Waals surface area contributed by atoms with Gasteiger partial charge in [0.05, 0.1) is 10.4 Å². The van der Waals surface area contributed by atoms with Crippen LogP contribution in [0.1, 0.15) is 87.9 Å². The monoisotopic (exact) mass is 547 g/mol. The van der Waals surface area contributed by atoms with E-state index in [1.165, 1.54) is 42.5 Å². The van der Waals surface area contributed by atoms with Gasteiger partial charge in [-0.2, -0.15) is 16.1 Å². The summed E-state index contributed by atoms with van der Waals surface area (Å²) in [6.07, 6.45) is 13.9. The molecule has 0 radical (unpaired) electrons. The van der Waals surface area contributed by atoms with Gasteiger partial charge in [0.1, 0.15) is 5.56 Å². The number of hydrogen-bond acceptors (Lipinski definition) is 5. The van der Waals surface area contributed by atoms with E-state index in [-0.39, 0.29) is 21.9 Å². The number of thioether (sulfide) groups is 1. The van der Waals surface area contributed by atoms with Gasteiger partial charge in [-0.15, -0.1) is 0 Å². The van der Waals surface area contributed by atoms with E-state index in [0.29, 0.717) is 18.6 Å². The van der Waals surface area contributed by atoms with Crippen LogP contribution in [0, 0.1) is 0 Å². The fourth-order valence-corrected chi connectivity index (χ4v) is 8.37. The fraction of sp³-hybridized carbons (Fsp3) is 0.643. The molecule has 1 amide bonds. The van der Waals surface area contributed by atoms with Crippen LogP contribution in [0.15, 0.2) is 34.1 Å². The van der Waals surface area contributed by atoms with Crippen molar-refractivity contribution in [3.05, 3.63) is 40.2 Å². The lowest BCUT2D eigenvalue weighted by Gasteiger charge is -2.30. The summed E-state index contributed by atoms with van der Waals surface area (Å²) in [5.74, 6) is 0.599. The molecule has 0 atom stereocenters. The molecule has 4 rings (SSSR count). The molecule has 0 spiro atoms. The van der Waals surface area contributed by atoms with Crippen LogP contribution in [0.2, 0.25) is 0 Å². The SMILES string of the molecule is CCn1cc(C(=O)NCCCSC2CCCCC2)c(=O)c2cc(S(=O)(=O)N(C)C3CCCCC3)ccc21. The van der Waals surface area contributed by atoms with Gasteiger partial charge in [0.15, 0.2) is 0 Å². The Balaban J connectivity index is 1.50. The third-order valence-electron chi connectivity index (χ3n) is 7.92. The minimum atomic E-state index is -3.75. The molecule has 7 nitrogen and oxygen atoms in total. The second-order valence-corrected chi connectivity index (χ2v) is 13.8. The van der Waals surface area contributed by atoms with Crippen molar-refractivity contribution in [2.45, 2.75) is 100 Å². The number of aromatic nitrogens is 1. The molecule has 2 fully saturated rings. The lowest BCUT2D eigenvalue weighted by Crippen LogP contribution is -2.38. The van der Waals surface area contributed by atoms with Crippen LogP contribution in [0.3, 0.4) is 0 Å². The molecule has 2 saturated carbocycles. The third kappa shape index (κ3) is 6.60. The molecule has 37 heavy (non-hydrogen) atoms. The summed E-state index contributed by atoms with van der Waals surface area (Å²) in [4.78, 5) is 26.5. The highest BCUT2D eigenvalue weighted by atomic mass is 32.2. The molecule has 2 aliphatic carbocycles. The summed E-state index contributed by atoms with van der Waals surface area (Å²) in [7, 11) is -2.11. The van der Waals surface area contributed by atoms with Crippen molar-refractivity contribution >= 4 is 38.6 Å². The summed E-state index contributed by atoms with van der Waals surface area (Å²) in [6.45, 7) is 3.02. The van der Waals surface area contributed by atoms with Gasteiger partial charge in [-0.1, -0.05) is 38.5 Å². The maximum atomic E-state index is 13.4. The van der Waals surface area contributed by atoms with Gasteiger partial charge in [-0.05, 0) is 63.0 Å². The Kier molecular flexibility index (Phi) is 9.75. The number of nitrogens with zero attached hydrogens (tertiary/aromatic N) is 2. The molecule has 1 heterocycles. The molecule has 0 bridgehead atoms. The summed E-state index contributed by atoms with van der Waals surface area (Å²) in [5.41, 5.74) is 0.266. The van der Waals surface area contributed by atoms with E-state index in [0.717, 1.165) is 49.5 Å². The molecule has 1 N–H and O–H groups in total. The topological polar surface area (TPSA) is 88.5 Å². The molecular weight excluding hydrogens is 506 g/mol. The van der Waals surface area contributed by atoms with Crippen LogP contribution in [0.4, 0.5) is 0 Å². The van der Waals surface area contributed by atoms with Crippen LogP contribution in [0.25, 0.3) is 10.9 Å². The molecule has 2 aliphatic rings. The fourth-order valence-electron chi connectivity index (χ4n) is 5.62. The van der Waals surface area contributed by atoms with E-state index < -0.39 is 21.4 Å². The van der Waals surface area contributed by atoms with Crippen LogP contribution >= 0.6 is 11.8 Å². The largest absolute Gasteiger partial charge is 0.352 e. The minimum Gasteiger partial charge on any atom is -0.352 e. The van der Waals surface area contributed by atoms with E-state index in [1.807, 2.05) is 23.3 Å². The lowest BCUT2D eigenvalue weighted by atomic mass is 9.96. The highest BCUT2D eigenvalue weighted by molar-refractivity contribution is 7.99. The Bertz CT molecular complexity index is 1250. The number of benzene rings is 1. The average Bonchev–Trinajstić information content (AvgIpc) is 2.93. The zero-order chi connectivity index (χ0) is 26.4. The van der Waals surface area contributed by atoms with Gasteiger partial charge in [0.2, 0.25) is 15.5 Å². The zero-order valence-electron chi connectivity index (χ0n) is 22.2. The third-order valence-corrected chi connectivity index (χ3v) is 11.3. The number of carbonyl (C=O) groups is 1. The van der Waals surface area contributed by atoms with Crippen molar-refractivity contribution in [3.63, 3.8) is 0 Å². The Morgan fingerprint density at radius 2 is 1.76 bits per heavy atom. The minimum absolute atomic E-state index is 0.0184. The smallest absolute Gasteiger partial charge is 0.256 e. The van der Waals surface area contributed by atoms with E-state index in [2.05, 4.69) is 5.32 Å². The number of sulfonamides is 1. The first-order valence-electron chi connectivity index (χ1n) is 13.9. The van der Waals surface area contributed by atoms with Crippen molar-refractivity contribution in [3.8, 4) is 0 Å². The summed E-state index contributed by atoms with van der Waals surface area (Å²) >= 11 is 1.99. The molecule has 1 aromatic heterocycles. The molecule has 1 aromatic carbocycles. The second kappa shape index (κ2) is 12.8. The van der Waals surface area contributed by atoms with E-state index in [4.69, 9.17) is 0 Å². The summed E-state index contributed by atoms with van der Waals surface area (Å²) < 4.78 is 30.1. The Hall–Kier alpha value is -1.84. The quantitative estimate of drug-likeness (QED) is 0.415. The highest BCUT2D eigenvalue weighted by Gasteiger charge is 2.29. The van der Waals surface area contributed by atoms with Crippen LogP contribution in [0.5, 0.6) is 0 Å². The first kappa shape index (κ1) is 28.2. The Morgan fingerprint density at radius 3 is 2.43 bits per heavy atom. The number of hydrogen-bond donors (Lipinski definition) is 1. The molecule has 0 unspecified atom stereocenters. The molecular formula is C28H41N3O4S2. The predicted molar refractivity (Wildman–Crippen MR) is 152 cm³/mol. The van der Waals surface area contributed by atoms with E-state index in [9.17, 15) is 18.0 Å². The molecule has 9 heteroatoms. The van der Waals surface area contributed by atoms with E-state index >= 15 is 0 Å². The first-order valence-corrected chi connectivity index (χ1v) is 16.4. The normalized spacial score (nSPS) is 17.9. The van der Waals surface area contributed by atoms with Crippen LogP contribution in [-0.2, 0) is 16.6 Å². The average molecular weight is 548 g/mol. The molecule has 0 aliphatic heterocycles. The Labute approximate surface area is 225 Å². The lowest BCUT2D eigenvalue weighted by molar-refractivity contribution is 0.0952. The van der Waals surface area contributed by atoms with Gasteiger partial charge in [0, 0.05) is 43.0 Å². The van der Waals surface area contributed by atoms with Crippen molar-refractivity contribution in [2.75, 3.05) is 19.3 Å². The molecule has 204 valence electrons.